The number of anilines is 1. The third kappa shape index (κ3) is 3.75. The van der Waals surface area contributed by atoms with E-state index in [9.17, 15) is 19.2 Å². The molecule has 9 heteroatoms. The Bertz CT molecular complexity index is 934. The zero-order valence-electron chi connectivity index (χ0n) is 14.3. The van der Waals surface area contributed by atoms with E-state index in [1.165, 1.54) is 23.5 Å². The van der Waals surface area contributed by atoms with Crippen LogP contribution in [-0.4, -0.2) is 30.1 Å². The van der Waals surface area contributed by atoms with E-state index in [-0.39, 0.29) is 17.2 Å². The minimum atomic E-state index is -0.742. The van der Waals surface area contributed by atoms with E-state index in [2.05, 4.69) is 11.4 Å². The van der Waals surface area contributed by atoms with E-state index >= 15 is 0 Å². The molecule has 0 bridgehead atoms. The minimum Gasteiger partial charge on any atom is -0.450 e. The number of hydrogen-bond acceptors (Lipinski definition) is 5. The van der Waals surface area contributed by atoms with Crippen molar-refractivity contribution in [1.29, 1.82) is 5.26 Å². The van der Waals surface area contributed by atoms with Crippen molar-refractivity contribution in [1.82, 2.24) is 4.90 Å². The predicted octanol–water partition coefficient (Wildman–Crippen LogP) is 4.18. The van der Waals surface area contributed by atoms with Crippen LogP contribution in [0.25, 0.3) is 0 Å². The summed E-state index contributed by atoms with van der Waals surface area (Å²) in [5, 5.41) is 12.4. The van der Waals surface area contributed by atoms with Crippen LogP contribution in [0.15, 0.2) is 18.2 Å². The average Bonchev–Trinajstić information content (AvgIpc) is 2.97. The zero-order valence-corrected chi connectivity index (χ0v) is 15.9. The summed E-state index contributed by atoms with van der Waals surface area (Å²) >= 11 is 7.12. The van der Waals surface area contributed by atoms with E-state index in [1.54, 1.807) is 11.8 Å². The maximum Gasteiger partial charge on any atom is 0.410 e. The van der Waals surface area contributed by atoms with Crippen molar-refractivity contribution in [3.8, 4) is 6.07 Å². The van der Waals surface area contributed by atoms with Gasteiger partial charge in [0.2, 0.25) is 0 Å². The molecule has 27 heavy (non-hydrogen) atoms. The molecule has 0 radical (unpaired) electrons. The number of carbonyl (C=O) groups excluding carboxylic acids is 2. The van der Waals surface area contributed by atoms with Crippen molar-refractivity contribution in [2.45, 2.75) is 19.9 Å². The van der Waals surface area contributed by atoms with Gasteiger partial charge in [-0.2, -0.15) is 5.26 Å². The first kappa shape index (κ1) is 19.1. The number of rotatable bonds is 3. The molecule has 0 saturated carbocycles. The first-order chi connectivity index (χ1) is 13.0. The van der Waals surface area contributed by atoms with Gasteiger partial charge in [-0.05, 0) is 31.0 Å². The molecule has 0 spiro atoms. The summed E-state index contributed by atoms with van der Waals surface area (Å²) in [4.78, 5) is 26.7. The van der Waals surface area contributed by atoms with Crippen molar-refractivity contribution in [3.63, 3.8) is 0 Å². The smallest absolute Gasteiger partial charge is 0.410 e. The molecule has 1 N–H and O–H groups in total. The molecule has 1 aromatic carbocycles. The molecular weight excluding hydrogens is 393 g/mol. The third-order valence-electron chi connectivity index (χ3n) is 4.11. The van der Waals surface area contributed by atoms with Gasteiger partial charge < -0.3 is 15.0 Å². The van der Waals surface area contributed by atoms with Gasteiger partial charge in [-0.15, -0.1) is 11.3 Å². The molecule has 0 atom stereocenters. The van der Waals surface area contributed by atoms with Crippen molar-refractivity contribution in [2.75, 3.05) is 18.5 Å². The Morgan fingerprint density at radius 2 is 2.26 bits per heavy atom. The predicted molar refractivity (Wildman–Crippen MR) is 99.5 cm³/mol. The lowest BCUT2D eigenvalue weighted by Crippen LogP contribution is -2.35. The Morgan fingerprint density at radius 1 is 1.48 bits per heavy atom. The summed E-state index contributed by atoms with van der Waals surface area (Å²) in [7, 11) is 0. The summed E-state index contributed by atoms with van der Waals surface area (Å²) in [6.45, 7) is 2.72. The Hall–Kier alpha value is -2.63. The zero-order chi connectivity index (χ0) is 19.6. The number of hydrogen-bond donors (Lipinski definition) is 1. The summed E-state index contributed by atoms with van der Waals surface area (Å²) in [6, 6.07) is 6.06. The molecule has 0 saturated heterocycles. The number of benzene rings is 1. The van der Waals surface area contributed by atoms with Crippen molar-refractivity contribution in [2.24, 2.45) is 0 Å². The van der Waals surface area contributed by atoms with E-state index in [1.807, 2.05) is 0 Å². The highest BCUT2D eigenvalue weighted by atomic mass is 35.5. The highest BCUT2D eigenvalue weighted by Gasteiger charge is 2.28. The quantitative estimate of drug-likeness (QED) is 0.827. The Morgan fingerprint density at radius 3 is 2.93 bits per heavy atom. The van der Waals surface area contributed by atoms with Crippen LogP contribution in [0.5, 0.6) is 0 Å². The van der Waals surface area contributed by atoms with Crippen LogP contribution < -0.4 is 5.32 Å². The number of thiophene rings is 1. The Labute approximate surface area is 164 Å². The van der Waals surface area contributed by atoms with E-state index in [0.29, 0.717) is 30.1 Å². The molecule has 2 heterocycles. The standard InChI is InChI=1S/C18H15ClFN3O3S/c1-2-26-18(25)23-7-6-10-11(8-21)17(27-14(10)9-23)22-16(24)15-12(19)4-3-5-13(15)20/h3-5H,2,6-7,9H2,1H3,(H,22,24). The average molecular weight is 408 g/mol. The summed E-state index contributed by atoms with van der Waals surface area (Å²) < 4.78 is 19.0. The summed E-state index contributed by atoms with van der Waals surface area (Å²) in [5.74, 6) is -1.47. The largest absolute Gasteiger partial charge is 0.450 e. The van der Waals surface area contributed by atoms with Gasteiger partial charge in [0.15, 0.2) is 0 Å². The van der Waals surface area contributed by atoms with Crippen LogP contribution in [0.3, 0.4) is 0 Å². The maximum atomic E-state index is 14.0. The number of carbonyl (C=O) groups is 2. The van der Waals surface area contributed by atoms with Crippen LogP contribution >= 0.6 is 22.9 Å². The first-order valence-corrected chi connectivity index (χ1v) is 9.37. The lowest BCUT2D eigenvalue weighted by Gasteiger charge is -2.25. The highest BCUT2D eigenvalue weighted by molar-refractivity contribution is 7.16. The second kappa shape index (κ2) is 7.94. The topological polar surface area (TPSA) is 82.4 Å². The molecule has 0 unspecified atom stereocenters. The third-order valence-corrected chi connectivity index (χ3v) is 5.56. The van der Waals surface area contributed by atoms with Gasteiger partial charge in [-0.25, -0.2) is 9.18 Å². The number of amides is 2. The lowest BCUT2D eigenvalue weighted by molar-refractivity contribution is 0.102. The number of nitrogens with zero attached hydrogens (tertiary/aromatic N) is 2. The van der Waals surface area contributed by atoms with Crippen molar-refractivity contribution < 1.29 is 18.7 Å². The fourth-order valence-electron chi connectivity index (χ4n) is 2.86. The molecule has 1 aromatic heterocycles. The molecule has 0 aliphatic carbocycles. The van der Waals surface area contributed by atoms with Crippen LogP contribution in [0.4, 0.5) is 14.2 Å². The van der Waals surface area contributed by atoms with Crippen LogP contribution in [0.2, 0.25) is 5.02 Å². The summed E-state index contributed by atoms with van der Waals surface area (Å²) in [6.07, 6.45) is 0.0583. The van der Waals surface area contributed by atoms with E-state index < -0.39 is 17.8 Å². The molecule has 2 amide bonds. The van der Waals surface area contributed by atoms with Crippen molar-refractivity contribution in [3.05, 3.63) is 50.6 Å². The Balaban J connectivity index is 1.87. The fraction of sp³-hybridized carbons (Fsp3) is 0.278. The molecule has 140 valence electrons. The molecule has 1 aliphatic heterocycles. The van der Waals surface area contributed by atoms with Crippen LogP contribution in [0, 0.1) is 17.1 Å². The molecule has 0 fully saturated rings. The summed E-state index contributed by atoms with van der Waals surface area (Å²) in [5.41, 5.74) is 0.847. The lowest BCUT2D eigenvalue weighted by atomic mass is 10.0. The van der Waals surface area contributed by atoms with E-state index in [4.69, 9.17) is 16.3 Å². The van der Waals surface area contributed by atoms with Crippen LogP contribution in [0.1, 0.15) is 33.3 Å². The number of nitrogens with one attached hydrogen (secondary N) is 1. The molecule has 3 rings (SSSR count). The molecular formula is C18H15ClFN3O3S. The van der Waals surface area contributed by atoms with Gasteiger partial charge >= 0.3 is 6.09 Å². The van der Waals surface area contributed by atoms with Gasteiger partial charge in [-0.1, -0.05) is 17.7 Å². The molecule has 6 nitrogen and oxygen atoms in total. The van der Waals surface area contributed by atoms with Gasteiger partial charge in [-0.3, -0.25) is 4.79 Å². The van der Waals surface area contributed by atoms with Gasteiger partial charge in [0.1, 0.15) is 16.9 Å². The van der Waals surface area contributed by atoms with Crippen molar-refractivity contribution >= 4 is 39.9 Å². The van der Waals surface area contributed by atoms with Gasteiger partial charge in [0.05, 0.1) is 29.3 Å². The maximum absolute atomic E-state index is 14.0. The monoisotopic (exact) mass is 407 g/mol. The first-order valence-electron chi connectivity index (χ1n) is 8.18. The highest BCUT2D eigenvalue weighted by Crippen LogP contribution is 2.37. The normalized spacial score (nSPS) is 12.9. The van der Waals surface area contributed by atoms with E-state index in [0.717, 1.165) is 16.5 Å². The number of halogens is 2. The van der Waals surface area contributed by atoms with Crippen LogP contribution in [-0.2, 0) is 17.7 Å². The van der Waals surface area contributed by atoms with Gasteiger partial charge in [0.25, 0.3) is 5.91 Å². The second-order valence-electron chi connectivity index (χ2n) is 5.74. The molecule has 2 aromatic rings. The number of nitriles is 1. The SMILES string of the molecule is CCOC(=O)N1CCc2c(sc(NC(=O)c3c(F)cccc3Cl)c2C#N)C1. The number of fused-ring (bicyclic) bond motifs is 1. The Kier molecular flexibility index (Phi) is 5.63. The minimum absolute atomic E-state index is 0.0131. The van der Waals surface area contributed by atoms with Gasteiger partial charge in [0, 0.05) is 11.4 Å². The molecule has 1 aliphatic rings. The number of ether oxygens (including phenoxy) is 1. The fourth-order valence-corrected chi connectivity index (χ4v) is 4.32. The second-order valence-corrected chi connectivity index (χ2v) is 7.25.